The van der Waals surface area contributed by atoms with Gasteiger partial charge in [0.25, 0.3) is 11.1 Å². The molecule has 0 atom stereocenters. The summed E-state index contributed by atoms with van der Waals surface area (Å²) < 4.78 is 6.31. The minimum Gasteiger partial charge on any atom is -0.410 e. The van der Waals surface area contributed by atoms with Crippen LogP contribution in [0.25, 0.3) is 10.8 Å². The molecule has 0 unspecified atom stereocenters. The molecular weight excluding hydrogens is 386 g/mol. The topological polar surface area (TPSA) is 59.2 Å². The van der Waals surface area contributed by atoms with Crippen LogP contribution in [0.15, 0.2) is 39.3 Å². The van der Waals surface area contributed by atoms with Gasteiger partial charge in [-0.1, -0.05) is 29.4 Å². The number of thiophene rings is 2. The van der Waals surface area contributed by atoms with E-state index in [9.17, 15) is 4.79 Å². The normalized spacial score (nSPS) is 10.9. The highest BCUT2D eigenvalue weighted by atomic mass is 35.5. The van der Waals surface area contributed by atoms with Gasteiger partial charge in [0.15, 0.2) is 0 Å². The Hall–Kier alpha value is -1.35. The summed E-state index contributed by atoms with van der Waals surface area (Å²) in [5, 5.41) is 10.3. The van der Waals surface area contributed by atoms with Crippen molar-refractivity contribution in [3.63, 3.8) is 0 Å². The van der Waals surface area contributed by atoms with Gasteiger partial charge in [0, 0.05) is 11.4 Å². The summed E-state index contributed by atoms with van der Waals surface area (Å²) in [4.78, 5) is 16.2. The molecule has 0 aliphatic carbocycles. The third-order valence-electron chi connectivity index (χ3n) is 3.17. The van der Waals surface area contributed by atoms with Gasteiger partial charge >= 0.3 is 0 Å². The Balaban J connectivity index is 1.56. The molecule has 0 spiro atoms. The Morgan fingerprint density at radius 3 is 2.92 bits per heavy atom. The van der Waals surface area contributed by atoms with Gasteiger partial charge in [-0.15, -0.1) is 32.9 Å². The molecule has 3 rings (SSSR count). The lowest BCUT2D eigenvalue weighted by Crippen LogP contribution is -2.31. The van der Waals surface area contributed by atoms with E-state index in [2.05, 4.69) is 10.2 Å². The second-order valence-electron chi connectivity index (χ2n) is 4.75. The van der Waals surface area contributed by atoms with E-state index >= 15 is 0 Å². The molecule has 9 heteroatoms. The first-order valence-corrected chi connectivity index (χ1v) is 10.2. The van der Waals surface area contributed by atoms with E-state index in [1.165, 1.54) is 34.4 Å². The van der Waals surface area contributed by atoms with Crippen LogP contribution in [-0.4, -0.2) is 33.3 Å². The van der Waals surface area contributed by atoms with Crippen molar-refractivity contribution in [1.29, 1.82) is 0 Å². The summed E-state index contributed by atoms with van der Waals surface area (Å²) in [5.74, 6) is 0.780. The quantitative estimate of drug-likeness (QED) is 0.541. The maximum absolute atomic E-state index is 12.4. The Labute approximate surface area is 156 Å². The summed E-state index contributed by atoms with van der Waals surface area (Å²) >= 11 is 10.2. The molecule has 24 heavy (non-hydrogen) atoms. The molecule has 5 nitrogen and oxygen atoms in total. The molecule has 126 valence electrons. The second-order valence-corrected chi connectivity index (χ2v) is 8.43. The molecule has 1 amide bonds. The largest absolute Gasteiger partial charge is 0.410 e. The Morgan fingerprint density at radius 2 is 2.25 bits per heavy atom. The molecule has 3 aromatic rings. The highest BCUT2D eigenvalue weighted by Crippen LogP contribution is 2.27. The molecular formula is C15H14ClN3O2S3. The van der Waals surface area contributed by atoms with Crippen molar-refractivity contribution < 1.29 is 9.21 Å². The third-order valence-corrected chi connectivity index (χ3v) is 6.04. The average Bonchev–Trinajstić information content (AvgIpc) is 3.31. The van der Waals surface area contributed by atoms with Crippen molar-refractivity contribution in [3.05, 3.63) is 38.9 Å². The van der Waals surface area contributed by atoms with Crippen molar-refractivity contribution in [2.75, 3.05) is 12.3 Å². The van der Waals surface area contributed by atoms with Crippen LogP contribution in [0.4, 0.5) is 0 Å². The number of amides is 1. The zero-order valence-electron chi connectivity index (χ0n) is 12.8. The molecule has 0 saturated carbocycles. The molecule has 0 N–H and O–H groups in total. The van der Waals surface area contributed by atoms with Gasteiger partial charge in [-0.05, 0) is 30.5 Å². The van der Waals surface area contributed by atoms with Crippen LogP contribution >= 0.6 is 46.0 Å². The highest BCUT2D eigenvalue weighted by molar-refractivity contribution is 7.99. The summed E-state index contributed by atoms with van der Waals surface area (Å²) in [5.41, 5.74) is 0. The number of halogens is 1. The van der Waals surface area contributed by atoms with Crippen LogP contribution in [0.3, 0.4) is 0 Å². The number of thioether (sulfide) groups is 1. The van der Waals surface area contributed by atoms with Crippen molar-refractivity contribution >= 4 is 51.9 Å². The molecule has 0 aliphatic heterocycles. The minimum absolute atomic E-state index is 0.0305. The molecule has 0 fully saturated rings. The van der Waals surface area contributed by atoms with Gasteiger partial charge in [0.2, 0.25) is 5.91 Å². The van der Waals surface area contributed by atoms with Gasteiger partial charge in [-0.3, -0.25) is 4.79 Å². The Morgan fingerprint density at radius 1 is 1.38 bits per heavy atom. The van der Waals surface area contributed by atoms with Gasteiger partial charge < -0.3 is 9.32 Å². The SMILES string of the molecule is CCN(Cc1ccc(Cl)s1)C(=O)CSc1nnc(-c2cccs2)o1. The second kappa shape index (κ2) is 8.15. The smallest absolute Gasteiger partial charge is 0.277 e. The first kappa shape index (κ1) is 17.5. The maximum atomic E-state index is 12.4. The highest BCUT2D eigenvalue weighted by Gasteiger charge is 2.16. The number of hydrogen-bond acceptors (Lipinski definition) is 7. The average molecular weight is 400 g/mol. The molecule has 0 aliphatic rings. The van der Waals surface area contributed by atoms with Crippen molar-refractivity contribution in [3.8, 4) is 10.8 Å². The fourth-order valence-electron chi connectivity index (χ4n) is 1.98. The van der Waals surface area contributed by atoms with E-state index < -0.39 is 0 Å². The van der Waals surface area contributed by atoms with E-state index in [1.807, 2.05) is 36.6 Å². The summed E-state index contributed by atoms with van der Waals surface area (Å²) in [6, 6.07) is 7.64. The minimum atomic E-state index is 0.0305. The van der Waals surface area contributed by atoms with E-state index in [1.54, 1.807) is 4.90 Å². The fourth-order valence-corrected chi connectivity index (χ4v) is 4.40. The number of rotatable bonds is 7. The van der Waals surface area contributed by atoms with Crippen LogP contribution < -0.4 is 0 Å². The van der Waals surface area contributed by atoms with Gasteiger partial charge in [-0.25, -0.2) is 0 Å². The number of carbonyl (C=O) groups is 1. The molecule has 0 bridgehead atoms. The zero-order chi connectivity index (χ0) is 16.9. The van der Waals surface area contributed by atoms with Crippen LogP contribution in [-0.2, 0) is 11.3 Å². The monoisotopic (exact) mass is 399 g/mol. The van der Waals surface area contributed by atoms with Crippen LogP contribution in [0.1, 0.15) is 11.8 Å². The summed E-state index contributed by atoms with van der Waals surface area (Å²) in [6.45, 7) is 3.16. The number of carbonyl (C=O) groups excluding carboxylic acids is 1. The van der Waals surface area contributed by atoms with Gasteiger partial charge in [-0.2, -0.15) is 0 Å². The zero-order valence-corrected chi connectivity index (χ0v) is 16.0. The predicted octanol–water partition coefficient (Wildman–Crippen LogP) is 4.65. The Bertz CT molecular complexity index is 801. The van der Waals surface area contributed by atoms with E-state index in [4.69, 9.17) is 16.0 Å². The van der Waals surface area contributed by atoms with Gasteiger partial charge in [0.05, 0.1) is 21.5 Å². The van der Waals surface area contributed by atoms with Crippen molar-refractivity contribution in [2.24, 2.45) is 0 Å². The molecule has 0 saturated heterocycles. The number of aromatic nitrogens is 2. The third kappa shape index (κ3) is 4.38. The van der Waals surface area contributed by atoms with Crippen molar-refractivity contribution in [2.45, 2.75) is 18.7 Å². The number of hydrogen-bond donors (Lipinski definition) is 0. The van der Waals surface area contributed by atoms with E-state index in [0.29, 0.717) is 24.2 Å². The molecule has 3 heterocycles. The molecule has 3 aromatic heterocycles. The Kier molecular flexibility index (Phi) is 5.94. The van der Waals surface area contributed by atoms with E-state index in [-0.39, 0.29) is 11.7 Å². The molecule has 0 radical (unpaired) electrons. The predicted molar refractivity (Wildman–Crippen MR) is 98.8 cm³/mol. The lowest BCUT2D eigenvalue weighted by molar-refractivity contribution is -0.128. The van der Waals surface area contributed by atoms with Crippen LogP contribution in [0, 0.1) is 0 Å². The van der Waals surface area contributed by atoms with Crippen molar-refractivity contribution in [1.82, 2.24) is 15.1 Å². The van der Waals surface area contributed by atoms with E-state index in [0.717, 1.165) is 14.1 Å². The summed E-state index contributed by atoms with van der Waals surface area (Å²) in [6.07, 6.45) is 0. The standard InChI is InChI=1S/C15H14ClN3O2S3/c1-2-19(8-10-5-6-12(16)24-10)13(20)9-23-15-18-17-14(21-15)11-4-3-7-22-11/h3-7H,2,8-9H2,1H3. The van der Waals surface area contributed by atoms with Gasteiger partial charge in [0.1, 0.15) is 0 Å². The maximum Gasteiger partial charge on any atom is 0.277 e. The lowest BCUT2D eigenvalue weighted by Gasteiger charge is -2.19. The van der Waals surface area contributed by atoms with Crippen LogP contribution in [0.2, 0.25) is 4.34 Å². The molecule has 0 aromatic carbocycles. The summed E-state index contributed by atoms with van der Waals surface area (Å²) in [7, 11) is 0. The fraction of sp³-hybridized carbons (Fsp3) is 0.267. The van der Waals surface area contributed by atoms with Crippen LogP contribution in [0.5, 0.6) is 0 Å². The number of nitrogens with zero attached hydrogens (tertiary/aromatic N) is 3. The first-order chi connectivity index (χ1) is 11.7. The first-order valence-electron chi connectivity index (χ1n) is 7.18. The lowest BCUT2D eigenvalue weighted by atomic mass is 10.4.